The SMILES string of the molecule is Cc1ccc(C2(O)OC(O)N=C2c2ccccc2)cc1. The van der Waals surface area contributed by atoms with Crippen molar-refractivity contribution in [3.05, 3.63) is 71.3 Å². The first-order valence-electron chi connectivity index (χ1n) is 6.39. The largest absolute Gasteiger partial charge is 0.357 e. The first kappa shape index (κ1) is 13.0. The Morgan fingerprint density at radius 2 is 1.70 bits per heavy atom. The fourth-order valence-corrected chi connectivity index (χ4v) is 2.28. The van der Waals surface area contributed by atoms with Crippen molar-refractivity contribution in [2.45, 2.75) is 19.1 Å². The van der Waals surface area contributed by atoms with Gasteiger partial charge < -0.3 is 10.2 Å². The number of aliphatic imine (C=N–C) groups is 1. The molecular weight excluding hydrogens is 254 g/mol. The molecule has 0 spiro atoms. The molecule has 4 nitrogen and oxygen atoms in total. The molecule has 4 heteroatoms. The van der Waals surface area contributed by atoms with E-state index in [4.69, 9.17) is 4.74 Å². The van der Waals surface area contributed by atoms with Gasteiger partial charge in [-0.3, -0.25) is 4.74 Å². The fraction of sp³-hybridized carbons (Fsp3) is 0.188. The van der Waals surface area contributed by atoms with E-state index in [0.717, 1.165) is 5.56 Å². The van der Waals surface area contributed by atoms with Crippen LogP contribution >= 0.6 is 0 Å². The molecule has 1 aliphatic rings. The van der Waals surface area contributed by atoms with E-state index in [1.165, 1.54) is 0 Å². The Morgan fingerprint density at radius 1 is 1.05 bits per heavy atom. The van der Waals surface area contributed by atoms with Crippen molar-refractivity contribution in [2.24, 2.45) is 4.99 Å². The molecule has 0 aliphatic carbocycles. The highest BCUT2D eigenvalue weighted by Gasteiger charge is 2.44. The van der Waals surface area contributed by atoms with E-state index in [1.807, 2.05) is 49.4 Å². The Kier molecular flexibility index (Phi) is 3.14. The van der Waals surface area contributed by atoms with Crippen LogP contribution in [0, 0.1) is 6.92 Å². The second kappa shape index (κ2) is 4.83. The van der Waals surface area contributed by atoms with Gasteiger partial charge in [-0.25, -0.2) is 4.99 Å². The molecule has 1 aliphatic heterocycles. The zero-order valence-corrected chi connectivity index (χ0v) is 11.0. The van der Waals surface area contributed by atoms with Crippen molar-refractivity contribution in [1.29, 1.82) is 0 Å². The van der Waals surface area contributed by atoms with Crippen molar-refractivity contribution >= 4 is 5.71 Å². The van der Waals surface area contributed by atoms with Gasteiger partial charge in [-0.2, -0.15) is 0 Å². The van der Waals surface area contributed by atoms with E-state index < -0.39 is 12.2 Å². The number of aliphatic hydroxyl groups excluding tert-OH is 1. The maximum Gasteiger partial charge on any atom is 0.259 e. The van der Waals surface area contributed by atoms with Crippen molar-refractivity contribution < 1.29 is 14.9 Å². The second-order valence-electron chi connectivity index (χ2n) is 4.80. The minimum atomic E-state index is -1.73. The Morgan fingerprint density at radius 3 is 2.35 bits per heavy atom. The molecule has 0 amide bonds. The van der Waals surface area contributed by atoms with E-state index in [-0.39, 0.29) is 0 Å². The molecular formula is C16H15NO3. The summed E-state index contributed by atoms with van der Waals surface area (Å²) in [7, 11) is 0. The number of aliphatic hydroxyl groups is 2. The minimum Gasteiger partial charge on any atom is -0.357 e. The molecule has 1 heterocycles. The van der Waals surface area contributed by atoms with E-state index in [0.29, 0.717) is 16.8 Å². The standard InChI is InChI=1S/C16H15NO3/c1-11-7-9-13(10-8-11)16(19)14(17-15(18)20-16)12-5-3-2-4-6-12/h2-10,15,18-19H,1H3. The summed E-state index contributed by atoms with van der Waals surface area (Å²) in [6.45, 7) is 1.96. The lowest BCUT2D eigenvalue weighted by atomic mass is 9.95. The highest BCUT2D eigenvalue weighted by Crippen LogP contribution is 2.34. The lowest BCUT2D eigenvalue weighted by molar-refractivity contribution is -0.227. The smallest absolute Gasteiger partial charge is 0.259 e. The quantitative estimate of drug-likeness (QED) is 0.875. The number of aryl methyl sites for hydroxylation is 1. The van der Waals surface area contributed by atoms with Gasteiger partial charge in [0.25, 0.3) is 6.41 Å². The van der Waals surface area contributed by atoms with Crippen molar-refractivity contribution in [1.82, 2.24) is 0 Å². The third kappa shape index (κ3) is 2.14. The van der Waals surface area contributed by atoms with Gasteiger partial charge in [-0.1, -0.05) is 60.2 Å². The Bertz CT molecular complexity index is 637. The van der Waals surface area contributed by atoms with Crippen LogP contribution in [0.5, 0.6) is 0 Å². The van der Waals surface area contributed by atoms with Crippen LogP contribution in [0.25, 0.3) is 0 Å². The molecule has 0 aromatic heterocycles. The van der Waals surface area contributed by atoms with E-state index >= 15 is 0 Å². The molecule has 3 rings (SSSR count). The van der Waals surface area contributed by atoms with Crippen LogP contribution in [0.4, 0.5) is 0 Å². The molecule has 0 saturated carbocycles. The first-order chi connectivity index (χ1) is 9.59. The van der Waals surface area contributed by atoms with Gasteiger partial charge in [-0.15, -0.1) is 0 Å². The van der Waals surface area contributed by atoms with Crippen LogP contribution in [0.2, 0.25) is 0 Å². The summed E-state index contributed by atoms with van der Waals surface area (Å²) in [6.07, 6.45) is -1.36. The number of hydrogen-bond acceptors (Lipinski definition) is 4. The molecule has 0 fully saturated rings. The fourth-order valence-electron chi connectivity index (χ4n) is 2.28. The summed E-state index contributed by atoms with van der Waals surface area (Å²) in [4.78, 5) is 4.01. The van der Waals surface area contributed by atoms with Crippen LogP contribution in [-0.4, -0.2) is 22.3 Å². The molecule has 2 N–H and O–H groups in total. The van der Waals surface area contributed by atoms with E-state index in [1.54, 1.807) is 12.1 Å². The Labute approximate surface area is 117 Å². The molecule has 102 valence electrons. The van der Waals surface area contributed by atoms with Gasteiger partial charge in [-0.05, 0) is 6.92 Å². The minimum absolute atomic E-state index is 0.314. The van der Waals surface area contributed by atoms with Crippen LogP contribution in [0.3, 0.4) is 0 Å². The highest BCUT2D eigenvalue weighted by atomic mass is 16.7. The third-order valence-electron chi connectivity index (χ3n) is 3.33. The molecule has 0 radical (unpaired) electrons. The summed E-state index contributed by atoms with van der Waals surface area (Å²) in [6, 6.07) is 16.5. The van der Waals surface area contributed by atoms with Crippen molar-refractivity contribution in [3.63, 3.8) is 0 Å². The summed E-state index contributed by atoms with van der Waals surface area (Å²) < 4.78 is 5.25. The maximum atomic E-state index is 10.8. The Balaban J connectivity index is 2.08. The maximum absolute atomic E-state index is 10.8. The van der Waals surface area contributed by atoms with Gasteiger partial charge in [0.05, 0.1) is 0 Å². The highest BCUT2D eigenvalue weighted by molar-refractivity contribution is 6.06. The summed E-state index contributed by atoms with van der Waals surface area (Å²) in [5, 5.41) is 20.5. The van der Waals surface area contributed by atoms with E-state index in [2.05, 4.69) is 4.99 Å². The van der Waals surface area contributed by atoms with Gasteiger partial charge in [0, 0.05) is 11.1 Å². The molecule has 2 unspecified atom stereocenters. The van der Waals surface area contributed by atoms with Crippen LogP contribution in [-0.2, 0) is 10.5 Å². The van der Waals surface area contributed by atoms with Crippen LogP contribution in [0.1, 0.15) is 16.7 Å². The molecule has 0 saturated heterocycles. The van der Waals surface area contributed by atoms with Crippen LogP contribution in [0.15, 0.2) is 59.6 Å². The summed E-state index contributed by atoms with van der Waals surface area (Å²) >= 11 is 0. The zero-order valence-electron chi connectivity index (χ0n) is 11.0. The number of hydrogen-bond donors (Lipinski definition) is 2. The van der Waals surface area contributed by atoms with Gasteiger partial charge in [0.1, 0.15) is 5.71 Å². The number of nitrogens with zero attached hydrogens (tertiary/aromatic N) is 1. The number of ether oxygens (including phenoxy) is 1. The topological polar surface area (TPSA) is 62.0 Å². The average molecular weight is 269 g/mol. The molecule has 20 heavy (non-hydrogen) atoms. The first-order valence-corrected chi connectivity index (χ1v) is 6.39. The van der Waals surface area contributed by atoms with E-state index in [9.17, 15) is 10.2 Å². The summed E-state index contributed by atoms with van der Waals surface area (Å²) in [5.74, 6) is -1.73. The number of rotatable bonds is 2. The second-order valence-corrected chi connectivity index (χ2v) is 4.80. The lowest BCUT2D eigenvalue weighted by Gasteiger charge is -2.24. The molecule has 2 atom stereocenters. The van der Waals surface area contributed by atoms with Crippen molar-refractivity contribution in [3.8, 4) is 0 Å². The molecule has 0 bridgehead atoms. The zero-order chi connectivity index (χ0) is 14.2. The monoisotopic (exact) mass is 269 g/mol. The predicted molar refractivity (Wildman–Crippen MR) is 75.1 cm³/mol. The third-order valence-corrected chi connectivity index (χ3v) is 3.33. The van der Waals surface area contributed by atoms with Crippen LogP contribution < -0.4 is 0 Å². The van der Waals surface area contributed by atoms with Gasteiger partial charge in [0.15, 0.2) is 0 Å². The Hall–Kier alpha value is -2.01. The molecule has 2 aromatic rings. The normalized spacial score (nSPS) is 25.6. The van der Waals surface area contributed by atoms with Crippen molar-refractivity contribution in [2.75, 3.05) is 0 Å². The number of benzene rings is 2. The van der Waals surface area contributed by atoms with Gasteiger partial charge in [0.2, 0.25) is 5.79 Å². The molecule has 2 aromatic carbocycles. The summed E-state index contributed by atoms with van der Waals surface area (Å²) in [5.41, 5.74) is 2.65. The predicted octanol–water partition coefficient (Wildman–Crippen LogP) is 1.94. The van der Waals surface area contributed by atoms with Gasteiger partial charge >= 0.3 is 0 Å². The lowest BCUT2D eigenvalue weighted by Crippen LogP contribution is -2.36. The average Bonchev–Trinajstić information content (AvgIpc) is 2.77.